The Kier molecular flexibility index (Phi) is 4.69. The zero-order valence-corrected chi connectivity index (χ0v) is 14.4. The molecule has 3 rings (SSSR count). The van der Waals surface area contributed by atoms with Crippen LogP contribution in [0.4, 0.5) is 5.69 Å². The molecule has 0 aliphatic carbocycles. The summed E-state index contributed by atoms with van der Waals surface area (Å²) in [6.45, 7) is 1.70. The third kappa shape index (κ3) is 3.62. The molecule has 25 heavy (non-hydrogen) atoms. The quantitative estimate of drug-likeness (QED) is 0.806. The number of benzene rings is 1. The number of amides is 2. The van der Waals surface area contributed by atoms with E-state index in [1.807, 2.05) is 0 Å². The zero-order valence-electron chi connectivity index (χ0n) is 13.6. The first-order chi connectivity index (χ1) is 11.9. The van der Waals surface area contributed by atoms with Gasteiger partial charge in [0.25, 0.3) is 0 Å². The van der Waals surface area contributed by atoms with Crippen LogP contribution in [0.3, 0.4) is 0 Å². The number of aryl methyl sites for hydroxylation is 1. The summed E-state index contributed by atoms with van der Waals surface area (Å²) in [5, 5.41) is 0. The molecule has 0 saturated carbocycles. The van der Waals surface area contributed by atoms with E-state index in [9.17, 15) is 18.0 Å². The summed E-state index contributed by atoms with van der Waals surface area (Å²) in [5.74, 6) is -0.110. The average Bonchev–Trinajstić information content (AvgIpc) is 2.99. The molecule has 1 aliphatic heterocycles. The van der Waals surface area contributed by atoms with E-state index >= 15 is 0 Å². The topological polar surface area (TPSA) is 110 Å². The molecule has 2 aromatic rings. The summed E-state index contributed by atoms with van der Waals surface area (Å²) in [6, 6.07) is 5.63. The van der Waals surface area contributed by atoms with Gasteiger partial charge in [-0.15, -0.1) is 0 Å². The molecule has 132 valence electrons. The Balaban J connectivity index is 1.76. The highest BCUT2D eigenvalue weighted by atomic mass is 32.2. The average molecular weight is 363 g/mol. The minimum atomic E-state index is -3.75. The number of carbonyl (C=O) groups excluding carboxylic acids is 2. The minimum Gasteiger partial charge on any atom is -0.447 e. The highest BCUT2D eigenvalue weighted by Gasteiger charge is 2.27. The number of oxazole rings is 1. The Morgan fingerprint density at radius 1 is 1.16 bits per heavy atom. The van der Waals surface area contributed by atoms with Crippen LogP contribution in [0.1, 0.15) is 30.7 Å². The predicted molar refractivity (Wildman–Crippen MR) is 88.1 cm³/mol. The summed E-state index contributed by atoms with van der Waals surface area (Å²) < 4.78 is 32.2. The predicted octanol–water partition coefficient (Wildman–Crippen LogP) is 1.51. The van der Waals surface area contributed by atoms with E-state index in [0.717, 1.165) is 4.90 Å². The van der Waals surface area contributed by atoms with E-state index in [1.54, 1.807) is 6.92 Å². The maximum Gasteiger partial charge on any atom is 0.240 e. The highest BCUT2D eigenvalue weighted by Crippen LogP contribution is 2.23. The van der Waals surface area contributed by atoms with E-state index in [-0.39, 0.29) is 23.3 Å². The third-order valence-corrected chi connectivity index (χ3v) is 5.37. The maximum absolute atomic E-state index is 12.3. The Morgan fingerprint density at radius 3 is 2.36 bits per heavy atom. The molecule has 0 spiro atoms. The van der Waals surface area contributed by atoms with Gasteiger partial charge in [-0.25, -0.2) is 18.1 Å². The highest BCUT2D eigenvalue weighted by molar-refractivity contribution is 7.89. The number of rotatable bonds is 5. The van der Waals surface area contributed by atoms with E-state index in [2.05, 4.69) is 9.71 Å². The van der Waals surface area contributed by atoms with Gasteiger partial charge < -0.3 is 4.42 Å². The van der Waals surface area contributed by atoms with Gasteiger partial charge in [-0.2, -0.15) is 0 Å². The van der Waals surface area contributed by atoms with Crippen LogP contribution in [0, 0.1) is 6.92 Å². The first-order valence-electron chi connectivity index (χ1n) is 7.73. The van der Waals surface area contributed by atoms with Gasteiger partial charge in [-0.05, 0) is 37.6 Å². The van der Waals surface area contributed by atoms with Crippen molar-refractivity contribution in [2.75, 3.05) is 4.90 Å². The third-order valence-electron chi connectivity index (χ3n) is 3.95. The molecule has 8 nitrogen and oxygen atoms in total. The van der Waals surface area contributed by atoms with Crippen LogP contribution in [0.2, 0.25) is 0 Å². The van der Waals surface area contributed by atoms with Crippen molar-refractivity contribution in [3.63, 3.8) is 0 Å². The number of imide groups is 1. The van der Waals surface area contributed by atoms with Crippen molar-refractivity contribution in [3.05, 3.63) is 42.1 Å². The fourth-order valence-corrected chi connectivity index (χ4v) is 3.54. The second-order valence-electron chi connectivity index (χ2n) is 5.66. The maximum atomic E-state index is 12.3. The molecule has 0 unspecified atom stereocenters. The Hall–Kier alpha value is -2.52. The number of hydrogen-bond donors (Lipinski definition) is 1. The number of piperidine rings is 1. The molecule has 0 atom stereocenters. The summed E-state index contributed by atoms with van der Waals surface area (Å²) in [4.78, 5) is 28.9. The smallest absolute Gasteiger partial charge is 0.240 e. The number of aromatic nitrogens is 1. The van der Waals surface area contributed by atoms with Gasteiger partial charge in [0.2, 0.25) is 21.8 Å². The van der Waals surface area contributed by atoms with Crippen LogP contribution in [-0.4, -0.2) is 25.2 Å². The number of sulfonamides is 1. The molecule has 1 aliphatic rings. The van der Waals surface area contributed by atoms with Gasteiger partial charge in [-0.1, -0.05) is 0 Å². The Morgan fingerprint density at radius 2 is 1.80 bits per heavy atom. The van der Waals surface area contributed by atoms with Gasteiger partial charge in [-0.3, -0.25) is 14.5 Å². The monoisotopic (exact) mass is 363 g/mol. The van der Waals surface area contributed by atoms with Crippen LogP contribution >= 0.6 is 0 Å². The van der Waals surface area contributed by atoms with Crippen LogP contribution in [-0.2, 0) is 26.2 Å². The summed E-state index contributed by atoms with van der Waals surface area (Å²) >= 11 is 0. The van der Waals surface area contributed by atoms with Crippen molar-refractivity contribution in [2.45, 2.75) is 37.6 Å². The second kappa shape index (κ2) is 6.77. The molecule has 9 heteroatoms. The molecule has 1 N–H and O–H groups in total. The van der Waals surface area contributed by atoms with Crippen LogP contribution < -0.4 is 9.62 Å². The summed E-state index contributed by atoms with van der Waals surface area (Å²) in [5.41, 5.74) is 0.986. The van der Waals surface area contributed by atoms with Gasteiger partial charge in [0.05, 0.1) is 22.8 Å². The number of nitrogens with one attached hydrogen (secondary N) is 1. The molecule has 2 amide bonds. The molecule has 0 radical (unpaired) electrons. The Bertz CT molecular complexity index is 886. The first kappa shape index (κ1) is 17.3. The van der Waals surface area contributed by atoms with E-state index in [1.165, 1.54) is 30.7 Å². The van der Waals surface area contributed by atoms with Gasteiger partial charge in [0, 0.05) is 12.8 Å². The molecule has 1 fully saturated rings. The fourth-order valence-electron chi connectivity index (χ4n) is 2.56. The molecule has 1 saturated heterocycles. The van der Waals surface area contributed by atoms with E-state index in [0.29, 0.717) is 36.4 Å². The molecular formula is C16H17N3O5S. The largest absolute Gasteiger partial charge is 0.447 e. The summed E-state index contributed by atoms with van der Waals surface area (Å²) in [7, 11) is -3.75. The number of nitrogens with zero attached hydrogens (tertiary/aromatic N) is 2. The van der Waals surface area contributed by atoms with Gasteiger partial charge in [0.1, 0.15) is 5.76 Å². The van der Waals surface area contributed by atoms with Crippen molar-refractivity contribution < 1.29 is 22.4 Å². The molecule has 0 bridgehead atoms. The van der Waals surface area contributed by atoms with Crippen molar-refractivity contribution in [1.82, 2.24) is 9.71 Å². The van der Waals surface area contributed by atoms with Crippen LogP contribution in [0.5, 0.6) is 0 Å². The molecular weight excluding hydrogens is 346 g/mol. The van der Waals surface area contributed by atoms with Crippen molar-refractivity contribution in [1.29, 1.82) is 0 Å². The van der Waals surface area contributed by atoms with Gasteiger partial charge in [0.15, 0.2) is 6.39 Å². The van der Waals surface area contributed by atoms with Crippen molar-refractivity contribution in [3.8, 4) is 0 Å². The van der Waals surface area contributed by atoms with Crippen LogP contribution in [0.25, 0.3) is 0 Å². The number of carbonyl (C=O) groups is 2. The lowest BCUT2D eigenvalue weighted by Crippen LogP contribution is -2.40. The molecule has 1 aromatic carbocycles. The lowest BCUT2D eigenvalue weighted by molar-refractivity contribution is -0.129. The second-order valence-corrected chi connectivity index (χ2v) is 7.42. The number of anilines is 1. The Labute approximate surface area is 144 Å². The van der Waals surface area contributed by atoms with E-state index in [4.69, 9.17) is 4.42 Å². The molecule has 1 aromatic heterocycles. The van der Waals surface area contributed by atoms with Gasteiger partial charge >= 0.3 is 0 Å². The standard InChI is InChI=1S/C16H17N3O5S/c1-11-14(24-10-17-11)9-18-25(22,23)13-7-5-12(6-8-13)19-15(20)3-2-4-16(19)21/h5-8,10,18H,2-4,9H2,1H3. The zero-order chi connectivity index (χ0) is 18.0. The molecule has 2 heterocycles. The van der Waals surface area contributed by atoms with E-state index < -0.39 is 10.0 Å². The lowest BCUT2D eigenvalue weighted by atomic mass is 10.1. The van der Waals surface area contributed by atoms with Crippen molar-refractivity contribution in [2.24, 2.45) is 0 Å². The minimum absolute atomic E-state index is 0.0149. The fraction of sp³-hybridized carbons (Fsp3) is 0.312. The SMILES string of the molecule is Cc1ncoc1CNS(=O)(=O)c1ccc(N2C(=O)CCCC2=O)cc1. The normalized spacial score (nSPS) is 15.6. The summed E-state index contributed by atoms with van der Waals surface area (Å²) in [6.07, 6.45) is 2.42. The first-order valence-corrected chi connectivity index (χ1v) is 9.21. The van der Waals surface area contributed by atoms with Crippen LogP contribution in [0.15, 0.2) is 40.0 Å². The lowest BCUT2D eigenvalue weighted by Gasteiger charge is -2.24. The van der Waals surface area contributed by atoms with Crippen molar-refractivity contribution >= 4 is 27.5 Å². The number of hydrogen-bond acceptors (Lipinski definition) is 6.